The Kier molecular flexibility index (Phi) is 3.94. The molecule has 0 bridgehead atoms. The molecule has 1 saturated heterocycles. The number of hydrogen-bond donors (Lipinski definition) is 1. The molecule has 0 spiro atoms. The van der Waals surface area contributed by atoms with E-state index in [9.17, 15) is 17.6 Å². The van der Waals surface area contributed by atoms with Crippen molar-refractivity contribution >= 4 is 15.9 Å². The fraction of sp³-hybridized carbons (Fsp3) is 0.533. The molecule has 22 heavy (non-hydrogen) atoms. The van der Waals surface area contributed by atoms with Crippen LogP contribution in [0.5, 0.6) is 0 Å². The van der Waals surface area contributed by atoms with Crippen LogP contribution in [0.15, 0.2) is 23.1 Å². The first-order valence-electron chi connectivity index (χ1n) is 7.44. The predicted molar refractivity (Wildman–Crippen MR) is 79.2 cm³/mol. The molecule has 0 radical (unpaired) electrons. The van der Waals surface area contributed by atoms with Gasteiger partial charge in [0.1, 0.15) is 5.82 Å². The highest BCUT2D eigenvalue weighted by Gasteiger charge is 2.37. The van der Waals surface area contributed by atoms with Crippen LogP contribution in [-0.2, 0) is 14.8 Å². The fourth-order valence-corrected chi connectivity index (χ4v) is 4.06. The molecule has 2 aliphatic rings. The zero-order chi connectivity index (χ0) is 15.9. The molecule has 1 saturated carbocycles. The van der Waals surface area contributed by atoms with Gasteiger partial charge in [0.05, 0.1) is 4.90 Å². The molecular formula is C15H19FN2O3S. The summed E-state index contributed by atoms with van der Waals surface area (Å²) in [6, 6.07) is 3.45. The van der Waals surface area contributed by atoms with Crippen molar-refractivity contribution in [3.8, 4) is 0 Å². The minimum Gasteiger partial charge on any atom is -0.341 e. The van der Waals surface area contributed by atoms with E-state index in [1.807, 2.05) is 0 Å². The molecule has 0 aromatic heterocycles. The number of nitrogens with one attached hydrogen (secondary N) is 1. The number of hydrogen-bond acceptors (Lipinski definition) is 3. The SMILES string of the molecule is Cc1cc(S(=O)(=O)NC2CCN(C(=O)C3CC3)C2)ccc1F. The van der Waals surface area contributed by atoms with Gasteiger partial charge in [-0.2, -0.15) is 0 Å². The van der Waals surface area contributed by atoms with Gasteiger partial charge < -0.3 is 4.90 Å². The van der Waals surface area contributed by atoms with Gasteiger partial charge in [-0.3, -0.25) is 4.79 Å². The third-order valence-electron chi connectivity index (χ3n) is 4.19. The molecular weight excluding hydrogens is 307 g/mol. The molecule has 5 nitrogen and oxygen atoms in total. The van der Waals surface area contributed by atoms with Crippen LogP contribution in [-0.4, -0.2) is 38.4 Å². The molecule has 7 heteroatoms. The van der Waals surface area contributed by atoms with Gasteiger partial charge in [-0.05, 0) is 49.9 Å². The summed E-state index contributed by atoms with van der Waals surface area (Å²) < 4.78 is 40.5. The zero-order valence-electron chi connectivity index (χ0n) is 12.4. The van der Waals surface area contributed by atoms with Gasteiger partial charge in [0.15, 0.2) is 0 Å². The van der Waals surface area contributed by atoms with Crippen molar-refractivity contribution in [1.82, 2.24) is 9.62 Å². The monoisotopic (exact) mass is 326 g/mol. The predicted octanol–water partition coefficient (Wildman–Crippen LogP) is 1.42. The highest BCUT2D eigenvalue weighted by atomic mass is 32.2. The van der Waals surface area contributed by atoms with Crippen LogP contribution in [0, 0.1) is 18.7 Å². The van der Waals surface area contributed by atoms with E-state index >= 15 is 0 Å². The van der Waals surface area contributed by atoms with Crippen LogP contribution in [0.2, 0.25) is 0 Å². The van der Waals surface area contributed by atoms with Crippen LogP contribution >= 0.6 is 0 Å². The van der Waals surface area contributed by atoms with Gasteiger partial charge in [0.25, 0.3) is 0 Å². The molecule has 1 N–H and O–H groups in total. The molecule has 1 aliphatic heterocycles. The van der Waals surface area contributed by atoms with Gasteiger partial charge in [0, 0.05) is 25.0 Å². The zero-order valence-corrected chi connectivity index (χ0v) is 13.2. The van der Waals surface area contributed by atoms with E-state index in [-0.39, 0.29) is 22.8 Å². The van der Waals surface area contributed by atoms with Gasteiger partial charge >= 0.3 is 0 Å². The average Bonchev–Trinajstić information content (AvgIpc) is 3.21. The summed E-state index contributed by atoms with van der Waals surface area (Å²) in [5, 5.41) is 0. The molecule has 1 aromatic rings. The minimum atomic E-state index is -3.69. The smallest absolute Gasteiger partial charge is 0.240 e. The number of benzene rings is 1. The lowest BCUT2D eigenvalue weighted by atomic mass is 10.2. The van der Waals surface area contributed by atoms with E-state index in [2.05, 4.69) is 4.72 Å². The lowest BCUT2D eigenvalue weighted by Crippen LogP contribution is -2.38. The minimum absolute atomic E-state index is 0.0540. The Labute approximate surface area is 129 Å². The Balaban J connectivity index is 1.67. The Morgan fingerprint density at radius 1 is 1.32 bits per heavy atom. The van der Waals surface area contributed by atoms with Crippen molar-refractivity contribution in [2.24, 2.45) is 5.92 Å². The van der Waals surface area contributed by atoms with Crippen LogP contribution in [0.4, 0.5) is 4.39 Å². The van der Waals surface area contributed by atoms with E-state index < -0.39 is 15.8 Å². The normalized spacial score (nSPS) is 22.1. The summed E-state index contributed by atoms with van der Waals surface area (Å²) in [5.74, 6) is -0.143. The Hall–Kier alpha value is -1.47. The first kappa shape index (κ1) is 15.4. The van der Waals surface area contributed by atoms with Crippen molar-refractivity contribution in [1.29, 1.82) is 0 Å². The number of amides is 1. The Bertz CT molecular complexity index is 701. The molecule has 1 aliphatic carbocycles. The molecule has 1 amide bonds. The molecule has 1 atom stereocenters. The summed E-state index contributed by atoms with van der Waals surface area (Å²) in [6.07, 6.45) is 2.50. The van der Waals surface area contributed by atoms with Crippen molar-refractivity contribution in [2.45, 2.75) is 37.1 Å². The Morgan fingerprint density at radius 3 is 2.68 bits per heavy atom. The lowest BCUT2D eigenvalue weighted by Gasteiger charge is -2.17. The average molecular weight is 326 g/mol. The second-order valence-corrected chi connectivity index (χ2v) is 7.79. The second kappa shape index (κ2) is 5.62. The number of aryl methyl sites for hydroxylation is 1. The van der Waals surface area contributed by atoms with E-state index in [4.69, 9.17) is 0 Å². The third-order valence-corrected chi connectivity index (χ3v) is 5.71. The first-order valence-corrected chi connectivity index (χ1v) is 8.92. The fourth-order valence-electron chi connectivity index (χ4n) is 2.72. The number of nitrogens with zero attached hydrogens (tertiary/aromatic N) is 1. The Morgan fingerprint density at radius 2 is 2.05 bits per heavy atom. The number of carbonyl (C=O) groups is 1. The maximum Gasteiger partial charge on any atom is 0.240 e. The maximum absolute atomic E-state index is 13.3. The van der Waals surface area contributed by atoms with E-state index in [0.29, 0.717) is 25.1 Å². The van der Waals surface area contributed by atoms with E-state index in [1.165, 1.54) is 19.1 Å². The van der Waals surface area contributed by atoms with Gasteiger partial charge in [-0.25, -0.2) is 17.5 Å². The molecule has 120 valence electrons. The topological polar surface area (TPSA) is 66.5 Å². The summed E-state index contributed by atoms with van der Waals surface area (Å²) in [5.41, 5.74) is 0.292. The maximum atomic E-state index is 13.3. The van der Waals surface area contributed by atoms with Gasteiger partial charge in [0.2, 0.25) is 15.9 Å². The van der Waals surface area contributed by atoms with Crippen molar-refractivity contribution in [3.05, 3.63) is 29.6 Å². The summed E-state index contributed by atoms with van der Waals surface area (Å²) >= 11 is 0. The molecule has 1 aromatic carbocycles. The largest absolute Gasteiger partial charge is 0.341 e. The molecule has 1 heterocycles. The van der Waals surface area contributed by atoms with Crippen molar-refractivity contribution in [3.63, 3.8) is 0 Å². The molecule has 1 unspecified atom stereocenters. The summed E-state index contributed by atoms with van der Waals surface area (Å²) in [6.45, 7) is 2.53. The number of halogens is 1. The van der Waals surface area contributed by atoms with Crippen LogP contribution in [0.25, 0.3) is 0 Å². The number of likely N-dealkylation sites (tertiary alicyclic amines) is 1. The van der Waals surface area contributed by atoms with Crippen LogP contribution < -0.4 is 4.72 Å². The van der Waals surface area contributed by atoms with Gasteiger partial charge in [-0.1, -0.05) is 0 Å². The quantitative estimate of drug-likeness (QED) is 0.910. The lowest BCUT2D eigenvalue weighted by molar-refractivity contribution is -0.131. The van der Waals surface area contributed by atoms with Gasteiger partial charge in [-0.15, -0.1) is 0 Å². The van der Waals surface area contributed by atoms with Crippen LogP contribution in [0.1, 0.15) is 24.8 Å². The summed E-state index contributed by atoms with van der Waals surface area (Å²) in [7, 11) is -3.69. The standard InChI is InChI=1S/C15H19FN2O3S/c1-10-8-13(4-5-14(10)16)22(20,21)17-12-6-7-18(9-12)15(19)11-2-3-11/h4-5,8,11-12,17H,2-3,6-7,9H2,1H3. The third kappa shape index (κ3) is 3.15. The summed E-state index contributed by atoms with van der Waals surface area (Å²) in [4.78, 5) is 13.8. The number of rotatable bonds is 4. The highest BCUT2D eigenvalue weighted by Crippen LogP contribution is 2.32. The number of sulfonamides is 1. The number of carbonyl (C=O) groups excluding carboxylic acids is 1. The highest BCUT2D eigenvalue weighted by molar-refractivity contribution is 7.89. The van der Waals surface area contributed by atoms with Crippen molar-refractivity contribution < 1.29 is 17.6 Å². The molecule has 2 fully saturated rings. The van der Waals surface area contributed by atoms with E-state index in [0.717, 1.165) is 18.9 Å². The van der Waals surface area contributed by atoms with Crippen molar-refractivity contribution in [2.75, 3.05) is 13.1 Å². The molecule has 3 rings (SSSR count). The van der Waals surface area contributed by atoms with E-state index in [1.54, 1.807) is 4.90 Å². The second-order valence-electron chi connectivity index (χ2n) is 6.08. The van der Waals surface area contributed by atoms with Crippen LogP contribution in [0.3, 0.4) is 0 Å². The first-order chi connectivity index (χ1) is 10.4.